The lowest BCUT2D eigenvalue weighted by atomic mass is 10.1. The zero-order chi connectivity index (χ0) is 15.7. The summed E-state index contributed by atoms with van der Waals surface area (Å²) >= 11 is 0. The molecule has 0 aliphatic carbocycles. The summed E-state index contributed by atoms with van der Waals surface area (Å²) in [5, 5.41) is 2.53. The van der Waals surface area contributed by atoms with Gasteiger partial charge in [-0.3, -0.25) is 0 Å². The molecular weight excluding hydrogens is 285 g/mol. The van der Waals surface area contributed by atoms with Crippen LogP contribution in [-0.2, 0) is 0 Å². The average molecular weight is 305 g/mol. The fourth-order valence-corrected chi connectivity index (χ4v) is 3.52. The highest BCUT2D eigenvalue weighted by Gasteiger charge is 2.15. The lowest BCUT2D eigenvalue weighted by Crippen LogP contribution is -2.03. The van der Waals surface area contributed by atoms with Crippen molar-refractivity contribution in [1.82, 2.24) is 4.57 Å². The van der Waals surface area contributed by atoms with Gasteiger partial charge in [-0.2, -0.15) is 0 Å². The molecule has 2 aromatic carbocycles. The first-order valence-corrected chi connectivity index (χ1v) is 7.97. The van der Waals surface area contributed by atoms with Crippen molar-refractivity contribution >= 4 is 31.5 Å². The number of nitrogens with zero attached hydrogens (tertiary/aromatic N) is 1. The lowest BCUT2D eigenvalue weighted by molar-refractivity contribution is 1.10. The summed E-state index contributed by atoms with van der Waals surface area (Å²) in [7, 11) is 2.88. The number of aryl methyl sites for hydroxylation is 2. The van der Waals surface area contributed by atoms with E-state index in [0.717, 1.165) is 0 Å². The molecule has 0 saturated heterocycles. The maximum atomic E-state index is 3.79. The SMILES string of the molecule is C=C/C=C\c1c(C)c2cc(C)cc(P)c2n1-c1ccccc1. The van der Waals surface area contributed by atoms with Crippen molar-refractivity contribution in [2.24, 2.45) is 0 Å². The average Bonchev–Trinajstić information content (AvgIpc) is 2.79. The minimum absolute atomic E-state index is 1.18. The number of hydrogen-bond acceptors (Lipinski definition) is 0. The fraction of sp³-hybridized carbons (Fsp3) is 0.100. The van der Waals surface area contributed by atoms with E-state index in [4.69, 9.17) is 0 Å². The molecule has 1 atom stereocenters. The van der Waals surface area contributed by atoms with Crippen LogP contribution in [0.3, 0.4) is 0 Å². The second-order valence-electron chi connectivity index (χ2n) is 5.53. The van der Waals surface area contributed by atoms with Crippen LogP contribution in [0.1, 0.15) is 16.8 Å². The molecule has 0 amide bonds. The van der Waals surface area contributed by atoms with Crippen molar-refractivity contribution in [2.75, 3.05) is 0 Å². The Labute approximate surface area is 134 Å². The molecule has 1 nitrogen and oxygen atoms in total. The maximum Gasteiger partial charge on any atom is 0.0609 e. The molecule has 3 rings (SSSR count). The minimum Gasteiger partial charge on any atom is -0.309 e. The van der Waals surface area contributed by atoms with Gasteiger partial charge in [-0.1, -0.05) is 36.9 Å². The molecule has 0 bridgehead atoms. The number of benzene rings is 2. The number of para-hydroxylation sites is 1. The summed E-state index contributed by atoms with van der Waals surface area (Å²) < 4.78 is 2.33. The summed E-state index contributed by atoms with van der Waals surface area (Å²) in [6.45, 7) is 8.13. The van der Waals surface area contributed by atoms with E-state index in [1.54, 1.807) is 0 Å². The van der Waals surface area contributed by atoms with Crippen LogP contribution in [0.15, 0.2) is 61.2 Å². The predicted octanol–water partition coefficient (Wildman–Crippen LogP) is 4.95. The number of fused-ring (bicyclic) bond motifs is 1. The summed E-state index contributed by atoms with van der Waals surface area (Å²) in [6, 6.07) is 15.0. The van der Waals surface area contributed by atoms with Crippen LogP contribution in [0.2, 0.25) is 0 Å². The molecule has 0 aliphatic rings. The molecule has 0 N–H and O–H groups in total. The van der Waals surface area contributed by atoms with E-state index in [9.17, 15) is 0 Å². The van der Waals surface area contributed by atoms with Crippen molar-refractivity contribution in [2.45, 2.75) is 13.8 Å². The van der Waals surface area contributed by atoms with Crippen molar-refractivity contribution in [3.63, 3.8) is 0 Å². The first-order chi connectivity index (χ1) is 10.6. The quantitative estimate of drug-likeness (QED) is 0.477. The minimum atomic E-state index is 1.18. The summed E-state index contributed by atoms with van der Waals surface area (Å²) in [4.78, 5) is 0. The molecule has 3 aromatic rings. The normalized spacial score (nSPS) is 11.4. The lowest BCUT2D eigenvalue weighted by Gasteiger charge is -2.11. The first kappa shape index (κ1) is 14.8. The van der Waals surface area contributed by atoms with Gasteiger partial charge >= 0.3 is 0 Å². The molecule has 0 fully saturated rings. The largest absolute Gasteiger partial charge is 0.309 e. The Balaban J connectivity index is 2.46. The highest BCUT2D eigenvalue weighted by molar-refractivity contribution is 7.28. The van der Waals surface area contributed by atoms with Gasteiger partial charge in [-0.05, 0) is 60.6 Å². The van der Waals surface area contributed by atoms with E-state index in [1.807, 2.05) is 18.2 Å². The van der Waals surface area contributed by atoms with Crippen LogP contribution in [0.25, 0.3) is 22.7 Å². The van der Waals surface area contributed by atoms with Crippen LogP contribution < -0.4 is 5.30 Å². The molecule has 2 heteroatoms. The van der Waals surface area contributed by atoms with E-state index in [-0.39, 0.29) is 0 Å². The van der Waals surface area contributed by atoms with E-state index in [2.05, 4.69) is 76.7 Å². The third-order valence-corrected chi connectivity index (χ3v) is 4.38. The van der Waals surface area contributed by atoms with Crippen molar-refractivity contribution < 1.29 is 0 Å². The van der Waals surface area contributed by atoms with Gasteiger partial charge < -0.3 is 4.57 Å². The molecule has 0 spiro atoms. The third-order valence-electron chi connectivity index (χ3n) is 3.94. The van der Waals surface area contributed by atoms with Crippen LogP contribution >= 0.6 is 9.24 Å². The van der Waals surface area contributed by atoms with Gasteiger partial charge in [0.2, 0.25) is 0 Å². The Morgan fingerprint density at radius 1 is 1.09 bits per heavy atom. The van der Waals surface area contributed by atoms with Gasteiger partial charge in [0.1, 0.15) is 0 Å². The van der Waals surface area contributed by atoms with E-state index < -0.39 is 0 Å². The van der Waals surface area contributed by atoms with Gasteiger partial charge in [-0.15, -0.1) is 9.24 Å². The zero-order valence-electron chi connectivity index (χ0n) is 13.0. The molecule has 0 aliphatic heterocycles. The highest BCUT2D eigenvalue weighted by atomic mass is 31.0. The van der Waals surface area contributed by atoms with Gasteiger partial charge in [0.25, 0.3) is 0 Å². The standard InChI is InChI=1S/C20H20NP/c1-4-5-11-18-15(3)17-12-14(2)13-19(22)20(17)21(18)16-9-7-6-8-10-16/h4-13H,1,22H2,2-3H3/b11-5-. The van der Waals surface area contributed by atoms with Crippen molar-refractivity contribution in [3.8, 4) is 5.69 Å². The molecule has 0 radical (unpaired) electrons. The van der Waals surface area contributed by atoms with E-state index in [0.29, 0.717) is 0 Å². The molecule has 22 heavy (non-hydrogen) atoms. The topological polar surface area (TPSA) is 4.93 Å². The predicted molar refractivity (Wildman–Crippen MR) is 101 cm³/mol. The molecule has 110 valence electrons. The molecular formula is C20H20NP. The second-order valence-corrected chi connectivity index (χ2v) is 6.15. The second kappa shape index (κ2) is 5.94. The number of rotatable bonds is 3. The molecule has 1 aromatic heterocycles. The van der Waals surface area contributed by atoms with Gasteiger partial charge in [0.05, 0.1) is 5.52 Å². The summed E-state index contributed by atoms with van der Waals surface area (Å²) in [6.07, 6.45) is 5.95. The Morgan fingerprint density at radius 3 is 2.50 bits per heavy atom. The highest BCUT2D eigenvalue weighted by Crippen LogP contribution is 2.30. The van der Waals surface area contributed by atoms with Crippen LogP contribution in [0, 0.1) is 13.8 Å². The van der Waals surface area contributed by atoms with E-state index in [1.165, 1.54) is 38.7 Å². The number of aromatic nitrogens is 1. The third kappa shape index (κ3) is 2.42. The van der Waals surface area contributed by atoms with E-state index >= 15 is 0 Å². The Bertz CT molecular complexity index is 870. The Morgan fingerprint density at radius 2 is 1.82 bits per heavy atom. The van der Waals surface area contributed by atoms with Crippen LogP contribution in [0.4, 0.5) is 0 Å². The monoisotopic (exact) mass is 305 g/mol. The smallest absolute Gasteiger partial charge is 0.0609 e. The molecule has 0 saturated carbocycles. The van der Waals surface area contributed by atoms with Gasteiger partial charge in [0, 0.05) is 16.8 Å². The van der Waals surface area contributed by atoms with Crippen molar-refractivity contribution in [3.05, 3.63) is 78.0 Å². The fourth-order valence-electron chi connectivity index (χ4n) is 2.97. The molecule has 1 unspecified atom stereocenters. The number of allylic oxidation sites excluding steroid dienone is 2. The summed E-state index contributed by atoms with van der Waals surface area (Å²) in [5.41, 5.74) is 6.21. The molecule has 1 heterocycles. The van der Waals surface area contributed by atoms with Crippen molar-refractivity contribution in [1.29, 1.82) is 0 Å². The van der Waals surface area contributed by atoms with Gasteiger partial charge in [-0.25, -0.2) is 0 Å². The number of hydrogen-bond donors (Lipinski definition) is 0. The maximum absolute atomic E-state index is 3.79. The van der Waals surface area contributed by atoms with Crippen LogP contribution in [-0.4, -0.2) is 4.57 Å². The van der Waals surface area contributed by atoms with Gasteiger partial charge in [0.15, 0.2) is 0 Å². The Kier molecular flexibility index (Phi) is 4.00. The first-order valence-electron chi connectivity index (χ1n) is 7.39. The zero-order valence-corrected chi connectivity index (χ0v) is 14.2. The summed E-state index contributed by atoms with van der Waals surface area (Å²) in [5.74, 6) is 0. The Hall–Kier alpha value is -2.11. The van der Waals surface area contributed by atoms with Crippen LogP contribution in [0.5, 0.6) is 0 Å².